The van der Waals surface area contributed by atoms with Crippen LogP contribution in [0.2, 0.25) is 0 Å². The van der Waals surface area contributed by atoms with E-state index in [9.17, 15) is 9.18 Å². The van der Waals surface area contributed by atoms with E-state index in [1.165, 1.54) is 12.1 Å². The standard InChI is InChI=1S/C12H15FN2OS/c1-8(9-3-2-4-10(13)5-9)15-12(16)11-6-17-7-14-11/h2-5,8,11,14H,6-7H2,1H3,(H,15,16). The zero-order chi connectivity index (χ0) is 12.3. The van der Waals surface area contributed by atoms with Gasteiger partial charge < -0.3 is 5.32 Å². The van der Waals surface area contributed by atoms with Crippen molar-refractivity contribution in [2.75, 3.05) is 11.6 Å². The van der Waals surface area contributed by atoms with Gasteiger partial charge in [-0.2, -0.15) is 0 Å². The van der Waals surface area contributed by atoms with Crippen LogP contribution in [0.5, 0.6) is 0 Å². The molecular formula is C12H15FN2OS. The number of carbonyl (C=O) groups is 1. The highest BCUT2D eigenvalue weighted by Gasteiger charge is 2.23. The second-order valence-corrected chi connectivity index (χ2v) is 5.09. The third-order valence-electron chi connectivity index (χ3n) is 2.74. The van der Waals surface area contributed by atoms with Crippen LogP contribution in [0.4, 0.5) is 4.39 Å². The molecule has 1 amide bonds. The number of halogens is 1. The third-order valence-corrected chi connectivity index (χ3v) is 3.68. The SMILES string of the molecule is CC(NC(=O)C1CSCN1)c1cccc(F)c1. The predicted octanol–water partition coefficient (Wildman–Crippen LogP) is 1.67. The third kappa shape index (κ3) is 3.20. The zero-order valence-electron chi connectivity index (χ0n) is 9.57. The number of benzene rings is 1. The molecule has 0 saturated carbocycles. The lowest BCUT2D eigenvalue weighted by Crippen LogP contribution is -2.42. The van der Waals surface area contributed by atoms with Crippen molar-refractivity contribution < 1.29 is 9.18 Å². The van der Waals surface area contributed by atoms with Crippen molar-refractivity contribution in [2.24, 2.45) is 0 Å². The molecule has 5 heteroatoms. The number of carbonyl (C=O) groups excluding carboxylic acids is 1. The molecule has 0 radical (unpaired) electrons. The molecule has 17 heavy (non-hydrogen) atoms. The highest BCUT2D eigenvalue weighted by molar-refractivity contribution is 7.99. The van der Waals surface area contributed by atoms with Crippen molar-refractivity contribution in [3.05, 3.63) is 35.6 Å². The molecule has 0 spiro atoms. The molecule has 1 aromatic rings. The summed E-state index contributed by atoms with van der Waals surface area (Å²) in [5.74, 6) is 1.30. The molecule has 1 heterocycles. The lowest BCUT2D eigenvalue weighted by atomic mass is 10.1. The van der Waals surface area contributed by atoms with Crippen molar-refractivity contribution in [2.45, 2.75) is 19.0 Å². The summed E-state index contributed by atoms with van der Waals surface area (Å²) >= 11 is 1.70. The van der Waals surface area contributed by atoms with E-state index in [-0.39, 0.29) is 23.8 Å². The Morgan fingerprint density at radius 1 is 1.65 bits per heavy atom. The maximum absolute atomic E-state index is 13.0. The normalized spacial score (nSPS) is 21.2. The van der Waals surface area contributed by atoms with Gasteiger partial charge in [-0.25, -0.2) is 4.39 Å². The summed E-state index contributed by atoms with van der Waals surface area (Å²) in [5.41, 5.74) is 0.781. The molecule has 0 aliphatic carbocycles. The summed E-state index contributed by atoms with van der Waals surface area (Å²) < 4.78 is 13.0. The molecule has 92 valence electrons. The molecule has 2 unspecified atom stereocenters. The monoisotopic (exact) mass is 254 g/mol. The Bertz CT molecular complexity index is 407. The van der Waals surface area contributed by atoms with Gasteiger partial charge in [-0.05, 0) is 24.6 Å². The number of hydrogen-bond donors (Lipinski definition) is 2. The van der Waals surface area contributed by atoms with Gasteiger partial charge in [-0.15, -0.1) is 11.8 Å². The van der Waals surface area contributed by atoms with E-state index in [1.54, 1.807) is 17.8 Å². The molecule has 2 atom stereocenters. The number of nitrogens with one attached hydrogen (secondary N) is 2. The van der Waals surface area contributed by atoms with E-state index in [4.69, 9.17) is 0 Å². The first-order chi connectivity index (χ1) is 8.16. The van der Waals surface area contributed by atoms with E-state index in [2.05, 4.69) is 10.6 Å². The summed E-state index contributed by atoms with van der Waals surface area (Å²) in [5, 5.41) is 5.99. The average molecular weight is 254 g/mol. The molecule has 0 aromatic heterocycles. The molecule has 1 aliphatic rings. The topological polar surface area (TPSA) is 41.1 Å². The molecule has 1 aromatic carbocycles. The van der Waals surface area contributed by atoms with Gasteiger partial charge in [-0.1, -0.05) is 12.1 Å². The van der Waals surface area contributed by atoms with Crippen LogP contribution in [0.1, 0.15) is 18.5 Å². The van der Waals surface area contributed by atoms with Crippen molar-refractivity contribution >= 4 is 17.7 Å². The number of rotatable bonds is 3. The van der Waals surface area contributed by atoms with Gasteiger partial charge in [0.15, 0.2) is 0 Å². The van der Waals surface area contributed by atoms with Crippen LogP contribution in [0, 0.1) is 5.82 Å². The molecule has 2 N–H and O–H groups in total. The number of hydrogen-bond acceptors (Lipinski definition) is 3. The fraction of sp³-hybridized carbons (Fsp3) is 0.417. The minimum atomic E-state index is -0.279. The van der Waals surface area contributed by atoms with Gasteiger partial charge in [0.1, 0.15) is 5.82 Å². The first-order valence-electron chi connectivity index (χ1n) is 5.54. The van der Waals surface area contributed by atoms with E-state index in [1.807, 2.05) is 13.0 Å². The van der Waals surface area contributed by atoms with E-state index in [0.717, 1.165) is 17.2 Å². The molecule has 3 nitrogen and oxygen atoms in total. The molecule has 1 fully saturated rings. The average Bonchev–Trinajstić information content (AvgIpc) is 2.82. The maximum atomic E-state index is 13.0. The molecular weight excluding hydrogens is 239 g/mol. The van der Waals surface area contributed by atoms with E-state index >= 15 is 0 Å². The molecule has 1 aliphatic heterocycles. The van der Waals surface area contributed by atoms with Gasteiger partial charge in [-0.3, -0.25) is 10.1 Å². The highest BCUT2D eigenvalue weighted by atomic mass is 32.2. The van der Waals surface area contributed by atoms with Crippen molar-refractivity contribution in [3.63, 3.8) is 0 Å². The second-order valence-electron chi connectivity index (χ2n) is 4.06. The summed E-state index contributed by atoms with van der Waals surface area (Å²) in [7, 11) is 0. The van der Waals surface area contributed by atoms with E-state index in [0.29, 0.717) is 0 Å². The molecule has 1 saturated heterocycles. The van der Waals surface area contributed by atoms with Crippen LogP contribution in [-0.4, -0.2) is 23.6 Å². The van der Waals surface area contributed by atoms with Gasteiger partial charge >= 0.3 is 0 Å². The minimum Gasteiger partial charge on any atom is -0.348 e. The predicted molar refractivity (Wildman–Crippen MR) is 67.2 cm³/mol. The van der Waals surface area contributed by atoms with Gasteiger partial charge in [0, 0.05) is 11.6 Å². The minimum absolute atomic E-state index is 0.0215. The van der Waals surface area contributed by atoms with Crippen LogP contribution in [0.15, 0.2) is 24.3 Å². The van der Waals surface area contributed by atoms with Gasteiger partial charge in [0.25, 0.3) is 0 Å². The van der Waals surface area contributed by atoms with E-state index < -0.39 is 0 Å². The second kappa shape index (κ2) is 5.51. The summed E-state index contributed by atoms with van der Waals surface area (Å²) in [6.45, 7) is 1.86. The smallest absolute Gasteiger partial charge is 0.238 e. The fourth-order valence-corrected chi connectivity index (χ4v) is 2.68. The van der Waals surface area contributed by atoms with Crippen molar-refractivity contribution in [1.82, 2.24) is 10.6 Å². The summed E-state index contributed by atoms with van der Waals surface area (Å²) in [4.78, 5) is 11.8. The van der Waals surface area contributed by atoms with Crippen LogP contribution in [-0.2, 0) is 4.79 Å². The quantitative estimate of drug-likeness (QED) is 0.862. The molecule has 2 rings (SSSR count). The molecule has 0 bridgehead atoms. The highest BCUT2D eigenvalue weighted by Crippen LogP contribution is 2.15. The number of amides is 1. The number of thioether (sulfide) groups is 1. The first-order valence-corrected chi connectivity index (χ1v) is 6.69. The van der Waals surface area contributed by atoms with Gasteiger partial charge in [0.05, 0.1) is 12.1 Å². The van der Waals surface area contributed by atoms with Crippen LogP contribution in [0.3, 0.4) is 0 Å². The Morgan fingerprint density at radius 2 is 2.47 bits per heavy atom. The Balaban J connectivity index is 1.96. The van der Waals surface area contributed by atoms with Gasteiger partial charge in [0.2, 0.25) is 5.91 Å². The van der Waals surface area contributed by atoms with Crippen LogP contribution < -0.4 is 10.6 Å². The largest absolute Gasteiger partial charge is 0.348 e. The lowest BCUT2D eigenvalue weighted by Gasteiger charge is -2.17. The van der Waals surface area contributed by atoms with Crippen molar-refractivity contribution in [3.8, 4) is 0 Å². The maximum Gasteiger partial charge on any atom is 0.238 e. The Kier molecular flexibility index (Phi) is 4.02. The Labute approximate surface area is 104 Å². The summed E-state index contributed by atoms with van der Waals surface area (Å²) in [6, 6.07) is 6.00. The Hall–Kier alpha value is -1.07. The van der Waals surface area contributed by atoms with Crippen LogP contribution >= 0.6 is 11.8 Å². The zero-order valence-corrected chi connectivity index (χ0v) is 10.4. The first kappa shape index (κ1) is 12.4. The lowest BCUT2D eigenvalue weighted by molar-refractivity contribution is -0.123. The van der Waals surface area contributed by atoms with Crippen molar-refractivity contribution in [1.29, 1.82) is 0 Å². The van der Waals surface area contributed by atoms with Crippen LogP contribution in [0.25, 0.3) is 0 Å². The fourth-order valence-electron chi connectivity index (χ4n) is 1.74. The Morgan fingerprint density at radius 3 is 3.12 bits per heavy atom. The summed E-state index contributed by atoms with van der Waals surface area (Å²) in [6.07, 6.45) is 0.